The minimum atomic E-state index is -0.935. The molecule has 0 bridgehead atoms. The molecule has 4 atom stereocenters. The number of aliphatic hydroxyl groups is 1. The lowest BCUT2D eigenvalue weighted by atomic mass is 9.94. The smallest absolute Gasteiger partial charge is 0.319 e. The van der Waals surface area contributed by atoms with Crippen molar-refractivity contribution in [1.82, 2.24) is 19.9 Å². The van der Waals surface area contributed by atoms with E-state index in [1.807, 2.05) is 0 Å². The van der Waals surface area contributed by atoms with Crippen molar-refractivity contribution in [3.63, 3.8) is 0 Å². The van der Waals surface area contributed by atoms with Crippen LogP contribution in [0.15, 0.2) is 30.5 Å². The molecule has 9 nitrogen and oxygen atoms in total. The van der Waals surface area contributed by atoms with Gasteiger partial charge in [0.25, 0.3) is 0 Å². The van der Waals surface area contributed by atoms with Gasteiger partial charge in [0.05, 0.1) is 30.2 Å². The summed E-state index contributed by atoms with van der Waals surface area (Å²) >= 11 is 0. The van der Waals surface area contributed by atoms with Crippen LogP contribution in [0.25, 0.3) is 32.9 Å². The maximum Gasteiger partial charge on any atom is 0.319 e. The third kappa shape index (κ3) is 4.98. The fraction of sp³-hybridized carbons (Fsp3) is 0.469. The Bertz CT molecular complexity index is 1740. The lowest BCUT2D eigenvalue weighted by molar-refractivity contribution is 0.107. The molecule has 3 saturated heterocycles. The number of nitrogens with zero attached hydrogens (tertiary/aromatic N) is 4. The van der Waals surface area contributed by atoms with Gasteiger partial charge in [-0.15, -0.1) is 0 Å². The molecule has 12 heteroatoms. The Kier molecular flexibility index (Phi) is 7.46. The van der Waals surface area contributed by atoms with Crippen molar-refractivity contribution < 1.29 is 32.9 Å². The zero-order valence-corrected chi connectivity index (χ0v) is 24.3. The number of aliphatic hydroxyl groups excluding tert-OH is 1. The molecule has 2 aromatic carbocycles. The van der Waals surface area contributed by atoms with Crippen molar-refractivity contribution >= 4 is 27.5 Å². The molecule has 2 aromatic heterocycles. The molecular weight excluding hydrogens is 575 g/mol. The molecule has 0 unspecified atom stereocenters. The van der Waals surface area contributed by atoms with Crippen molar-refractivity contribution in [2.45, 2.75) is 50.4 Å². The van der Waals surface area contributed by atoms with E-state index in [1.165, 1.54) is 24.4 Å². The lowest BCUT2D eigenvalue weighted by Gasteiger charge is -2.30. The molecule has 0 aliphatic carbocycles. The maximum absolute atomic E-state index is 16.6. The summed E-state index contributed by atoms with van der Waals surface area (Å²) in [6.45, 7) is 4.01. The normalized spacial score (nSPS) is 25.2. The molecule has 3 aliphatic heterocycles. The Morgan fingerprint density at radius 1 is 1.20 bits per heavy atom. The molecule has 3 fully saturated rings. The van der Waals surface area contributed by atoms with Gasteiger partial charge in [-0.05, 0) is 60.3 Å². The zero-order chi connectivity index (χ0) is 30.6. The Morgan fingerprint density at radius 3 is 2.86 bits per heavy atom. The van der Waals surface area contributed by atoms with Crippen LogP contribution in [0, 0.1) is 17.6 Å². The number of halogens is 3. The number of nitrogens with one attached hydrogen (secondary N) is 1. The van der Waals surface area contributed by atoms with E-state index in [0.29, 0.717) is 48.9 Å². The highest BCUT2D eigenvalue weighted by molar-refractivity contribution is 6.01. The number of alkyl halides is 1. The van der Waals surface area contributed by atoms with Crippen LogP contribution in [0.2, 0.25) is 0 Å². The van der Waals surface area contributed by atoms with Crippen molar-refractivity contribution in [2.75, 3.05) is 44.8 Å². The lowest BCUT2D eigenvalue weighted by Crippen LogP contribution is -2.43. The Hall–Kier alpha value is -3.74. The summed E-state index contributed by atoms with van der Waals surface area (Å²) in [5.41, 5.74) is -0.0243. The molecule has 44 heavy (non-hydrogen) atoms. The number of hydrogen-bond acceptors (Lipinski definition) is 9. The number of rotatable bonds is 8. The van der Waals surface area contributed by atoms with Crippen LogP contribution in [0.5, 0.6) is 11.8 Å². The summed E-state index contributed by atoms with van der Waals surface area (Å²) in [6.07, 6.45) is 2.28. The quantitative estimate of drug-likeness (QED) is 0.260. The monoisotopic (exact) mass is 609 g/mol. The first-order valence-corrected chi connectivity index (χ1v) is 15.1. The van der Waals surface area contributed by atoms with Gasteiger partial charge in [0.15, 0.2) is 5.82 Å². The van der Waals surface area contributed by atoms with Crippen molar-refractivity contribution in [3.8, 4) is 23.0 Å². The van der Waals surface area contributed by atoms with Crippen molar-refractivity contribution in [3.05, 3.63) is 47.7 Å². The molecule has 232 valence electrons. The second-order valence-corrected chi connectivity index (χ2v) is 12.1. The van der Waals surface area contributed by atoms with Gasteiger partial charge in [0.2, 0.25) is 0 Å². The minimum absolute atomic E-state index is 0.0766. The molecule has 4 aromatic rings. The number of ether oxygens (including phenoxy) is 2. The standard InChI is InChI=1S/C32H34F3N5O4/c1-2-21-24(34)5-4-17-8-20(41)9-22(26(17)21)28-27(35)29-23(12-36-28)30(37-11-18-14-43-15-25(18)42)39-31(38-29)44-16-32-6-3-7-40(32)13-19(33)10-32/h4-5,8-9,12,18-19,25,41-42H,2-3,6-7,10-11,13-16H2,1H3,(H,37,38,39)/t18-,19+,25+,32-/m0/s1. The fourth-order valence-corrected chi connectivity index (χ4v) is 7.11. The van der Waals surface area contributed by atoms with Crippen molar-refractivity contribution in [2.24, 2.45) is 5.92 Å². The second kappa shape index (κ2) is 11.3. The molecule has 5 heterocycles. The number of benzene rings is 2. The molecule has 0 saturated carbocycles. The highest BCUT2D eigenvalue weighted by Gasteiger charge is 2.49. The first-order chi connectivity index (χ1) is 21.3. The molecule has 0 radical (unpaired) electrons. The summed E-state index contributed by atoms with van der Waals surface area (Å²) < 4.78 is 57.3. The van der Waals surface area contributed by atoms with Gasteiger partial charge in [-0.2, -0.15) is 9.97 Å². The van der Waals surface area contributed by atoms with E-state index < -0.39 is 29.4 Å². The summed E-state index contributed by atoms with van der Waals surface area (Å²) in [5.74, 6) is -1.27. The van der Waals surface area contributed by atoms with Gasteiger partial charge in [-0.3, -0.25) is 9.88 Å². The number of fused-ring (bicyclic) bond motifs is 3. The predicted molar refractivity (Wildman–Crippen MR) is 159 cm³/mol. The van der Waals surface area contributed by atoms with Crippen LogP contribution in [0.4, 0.5) is 19.0 Å². The van der Waals surface area contributed by atoms with Gasteiger partial charge in [0, 0.05) is 37.2 Å². The zero-order valence-electron chi connectivity index (χ0n) is 24.3. The first-order valence-electron chi connectivity index (χ1n) is 15.1. The Morgan fingerprint density at radius 2 is 2.07 bits per heavy atom. The first kappa shape index (κ1) is 29.0. The number of phenolic OH excluding ortho intramolecular Hbond substituents is 1. The van der Waals surface area contributed by atoms with Crippen LogP contribution in [-0.4, -0.2) is 87.3 Å². The number of aromatic hydroxyl groups is 1. The molecule has 3 N–H and O–H groups in total. The number of phenols is 1. The second-order valence-electron chi connectivity index (χ2n) is 12.1. The molecule has 7 rings (SSSR count). The summed E-state index contributed by atoms with van der Waals surface area (Å²) in [7, 11) is 0. The van der Waals surface area contributed by atoms with Crippen LogP contribution in [0.1, 0.15) is 31.7 Å². The van der Waals surface area contributed by atoms with E-state index in [1.54, 1.807) is 13.0 Å². The number of pyridine rings is 1. The number of aryl methyl sites for hydroxylation is 1. The van der Waals surface area contributed by atoms with E-state index in [-0.39, 0.29) is 58.9 Å². The van der Waals surface area contributed by atoms with Crippen LogP contribution in [-0.2, 0) is 11.2 Å². The fourth-order valence-electron chi connectivity index (χ4n) is 7.11. The molecule has 0 amide bonds. The summed E-state index contributed by atoms with van der Waals surface area (Å²) in [4.78, 5) is 15.5. The van der Waals surface area contributed by atoms with Crippen LogP contribution < -0.4 is 10.1 Å². The maximum atomic E-state index is 16.6. The van der Waals surface area contributed by atoms with Crippen molar-refractivity contribution in [1.29, 1.82) is 0 Å². The van der Waals surface area contributed by atoms with E-state index >= 15 is 4.39 Å². The van der Waals surface area contributed by atoms with E-state index in [4.69, 9.17) is 9.47 Å². The number of hydrogen-bond donors (Lipinski definition) is 3. The minimum Gasteiger partial charge on any atom is -0.508 e. The average molecular weight is 610 g/mol. The van der Waals surface area contributed by atoms with E-state index in [0.717, 1.165) is 19.4 Å². The highest BCUT2D eigenvalue weighted by atomic mass is 19.1. The Labute approximate surface area is 252 Å². The largest absolute Gasteiger partial charge is 0.508 e. The topological polar surface area (TPSA) is 113 Å². The third-order valence-corrected chi connectivity index (χ3v) is 9.35. The molecule has 0 spiro atoms. The van der Waals surface area contributed by atoms with Gasteiger partial charge in [0.1, 0.15) is 41.4 Å². The highest BCUT2D eigenvalue weighted by Crippen LogP contribution is 2.41. The summed E-state index contributed by atoms with van der Waals surface area (Å²) in [5, 5.41) is 25.2. The van der Waals surface area contributed by atoms with Crippen LogP contribution >= 0.6 is 0 Å². The number of aromatic nitrogens is 3. The van der Waals surface area contributed by atoms with Crippen LogP contribution in [0.3, 0.4) is 0 Å². The number of anilines is 1. The van der Waals surface area contributed by atoms with Gasteiger partial charge in [-0.1, -0.05) is 13.0 Å². The third-order valence-electron chi connectivity index (χ3n) is 9.35. The average Bonchev–Trinajstić information content (AvgIpc) is 3.68. The van der Waals surface area contributed by atoms with Gasteiger partial charge < -0.3 is 25.0 Å². The SMILES string of the molecule is CCc1c(F)ccc2cc(O)cc(-c3ncc4c(NC[C@H]5COC[C@H]5O)nc(OC[C@@]56CCCN5C[C@H](F)C6)nc4c3F)c12. The molecule has 3 aliphatic rings. The summed E-state index contributed by atoms with van der Waals surface area (Å²) in [6, 6.07) is 5.67. The molecular formula is C32H34F3N5O4. The predicted octanol–water partition coefficient (Wildman–Crippen LogP) is 4.77. The van der Waals surface area contributed by atoms with E-state index in [9.17, 15) is 19.0 Å². The Balaban J connectivity index is 1.33. The van der Waals surface area contributed by atoms with E-state index in [2.05, 4.69) is 25.2 Å². The van der Waals surface area contributed by atoms with Gasteiger partial charge in [-0.25, -0.2) is 13.2 Å². The van der Waals surface area contributed by atoms with Gasteiger partial charge >= 0.3 is 6.01 Å².